The number of furan rings is 1. The molecule has 2 heterocycles. The molecule has 2 aromatic heterocycles. The number of aromatic nitrogens is 2. The molecule has 78 valence electrons. The summed E-state index contributed by atoms with van der Waals surface area (Å²) >= 11 is 3.25. The van der Waals surface area contributed by atoms with E-state index >= 15 is 0 Å². The Morgan fingerprint density at radius 1 is 1.33 bits per heavy atom. The van der Waals surface area contributed by atoms with E-state index in [0.29, 0.717) is 16.3 Å². The Morgan fingerprint density at radius 2 is 2.13 bits per heavy atom. The van der Waals surface area contributed by atoms with Crippen LogP contribution in [0, 0.1) is 6.92 Å². The molecule has 0 saturated carbocycles. The van der Waals surface area contributed by atoms with E-state index in [2.05, 4.69) is 31.2 Å². The van der Waals surface area contributed by atoms with Gasteiger partial charge in [0, 0.05) is 18.8 Å². The van der Waals surface area contributed by atoms with Gasteiger partial charge in [-0.05, 0) is 35.0 Å². The second kappa shape index (κ2) is 4.02. The van der Waals surface area contributed by atoms with Crippen molar-refractivity contribution >= 4 is 21.7 Å². The van der Waals surface area contributed by atoms with Crippen molar-refractivity contribution in [3.8, 4) is 11.6 Å². The van der Waals surface area contributed by atoms with Gasteiger partial charge in [-0.25, -0.2) is 9.97 Å². The number of anilines is 1. The maximum Gasteiger partial charge on any atom is 0.197 e. The lowest BCUT2D eigenvalue weighted by Gasteiger charge is -2.02. The van der Waals surface area contributed by atoms with E-state index in [0.717, 1.165) is 11.5 Å². The topological polar surface area (TPSA) is 51.0 Å². The van der Waals surface area contributed by atoms with Gasteiger partial charge in [0.1, 0.15) is 5.82 Å². The summed E-state index contributed by atoms with van der Waals surface area (Å²) < 4.78 is 6.06. The van der Waals surface area contributed by atoms with Crippen molar-refractivity contribution in [3.63, 3.8) is 0 Å². The third kappa shape index (κ3) is 2.18. The summed E-state index contributed by atoms with van der Waals surface area (Å²) in [5, 5.41) is 2.98. The molecule has 0 aliphatic rings. The minimum atomic E-state index is 0.588. The monoisotopic (exact) mass is 267 g/mol. The smallest absolute Gasteiger partial charge is 0.197 e. The number of nitrogens with one attached hydrogen (secondary N) is 1. The summed E-state index contributed by atoms with van der Waals surface area (Å²) in [7, 11) is 1.82. The summed E-state index contributed by atoms with van der Waals surface area (Å²) in [5.41, 5.74) is 0.900. The number of nitrogens with zero attached hydrogens (tertiary/aromatic N) is 2. The van der Waals surface area contributed by atoms with Crippen LogP contribution in [-0.2, 0) is 0 Å². The maximum atomic E-state index is 5.39. The average Bonchev–Trinajstić information content (AvgIpc) is 2.64. The van der Waals surface area contributed by atoms with Crippen LogP contribution in [-0.4, -0.2) is 17.0 Å². The van der Waals surface area contributed by atoms with Gasteiger partial charge in [0.05, 0.1) is 0 Å². The Labute approximate surface area is 95.9 Å². The molecular weight excluding hydrogens is 258 g/mol. The van der Waals surface area contributed by atoms with E-state index in [4.69, 9.17) is 4.42 Å². The van der Waals surface area contributed by atoms with Gasteiger partial charge in [-0.1, -0.05) is 0 Å². The highest BCUT2D eigenvalue weighted by Gasteiger charge is 2.08. The van der Waals surface area contributed by atoms with E-state index in [1.807, 2.05) is 32.2 Å². The minimum absolute atomic E-state index is 0.588. The highest BCUT2D eigenvalue weighted by atomic mass is 79.9. The molecule has 2 aromatic rings. The zero-order valence-corrected chi connectivity index (χ0v) is 10.00. The standard InChI is InChI=1S/C10H10BrN3O/c1-6-5-9(12-2)14-10(13-6)7-3-4-8(11)15-7/h3-5H,1-2H3,(H,12,13,14). The van der Waals surface area contributed by atoms with Crippen LogP contribution in [0.5, 0.6) is 0 Å². The first-order valence-electron chi connectivity index (χ1n) is 4.48. The zero-order valence-electron chi connectivity index (χ0n) is 8.41. The van der Waals surface area contributed by atoms with Crippen molar-refractivity contribution in [3.05, 3.63) is 28.6 Å². The number of halogens is 1. The summed E-state index contributed by atoms with van der Waals surface area (Å²) in [6.45, 7) is 1.92. The number of rotatable bonds is 2. The Bertz CT molecular complexity index is 481. The summed E-state index contributed by atoms with van der Waals surface area (Å²) in [5.74, 6) is 2.03. The molecule has 15 heavy (non-hydrogen) atoms. The molecule has 2 rings (SSSR count). The summed E-state index contributed by atoms with van der Waals surface area (Å²) in [4.78, 5) is 8.60. The van der Waals surface area contributed by atoms with E-state index in [-0.39, 0.29) is 0 Å². The van der Waals surface area contributed by atoms with E-state index in [9.17, 15) is 0 Å². The second-order valence-corrected chi connectivity index (χ2v) is 3.85. The fourth-order valence-corrected chi connectivity index (χ4v) is 1.55. The fourth-order valence-electron chi connectivity index (χ4n) is 1.24. The lowest BCUT2D eigenvalue weighted by molar-refractivity contribution is 0.551. The molecule has 0 aromatic carbocycles. The van der Waals surface area contributed by atoms with Crippen LogP contribution in [0.25, 0.3) is 11.6 Å². The van der Waals surface area contributed by atoms with Gasteiger partial charge < -0.3 is 9.73 Å². The van der Waals surface area contributed by atoms with Gasteiger partial charge in [-0.2, -0.15) is 0 Å². The average molecular weight is 268 g/mol. The largest absolute Gasteiger partial charge is 0.446 e. The van der Waals surface area contributed by atoms with Gasteiger partial charge in [0.2, 0.25) is 0 Å². The van der Waals surface area contributed by atoms with Crippen LogP contribution in [0.15, 0.2) is 27.3 Å². The third-order valence-electron chi connectivity index (χ3n) is 1.90. The Morgan fingerprint density at radius 3 is 2.73 bits per heavy atom. The maximum absolute atomic E-state index is 5.39. The Balaban J connectivity index is 2.48. The van der Waals surface area contributed by atoms with Crippen molar-refractivity contribution in [2.24, 2.45) is 0 Å². The molecule has 0 saturated heterocycles. The second-order valence-electron chi connectivity index (χ2n) is 3.07. The predicted molar refractivity (Wildman–Crippen MR) is 61.7 cm³/mol. The zero-order chi connectivity index (χ0) is 10.8. The van der Waals surface area contributed by atoms with Crippen LogP contribution in [0.4, 0.5) is 5.82 Å². The molecule has 0 atom stereocenters. The van der Waals surface area contributed by atoms with E-state index < -0.39 is 0 Å². The first-order valence-corrected chi connectivity index (χ1v) is 5.27. The van der Waals surface area contributed by atoms with Crippen LogP contribution in [0.2, 0.25) is 0 Å². The Kier molecular flexibility index (Phi) is 2.73. The number of hydrogen-bond acceptors (Lipinski definition) is 4. The van der Waals surface area contributed by atoms with E-state index in [1.165, 1.54) is 0 Å². The minimum Gasteiger partial charge on any atom is -0.446 e. The van der Waals surface area contributed by atoms with Crippen molar-refractivity contribution in [2.45, 2.75) is 6.92 Å². The highest BCUT2D eigenvalue weighted by molar-refractivity contribution is 9.10. The van der Waals surface area contributed by atoms with Gasteiger partial charge in [0.25, 0.3) is 0 Å². The lowest BCUT2D eigenvalue weighted by atomic mass is 10.3. The van der Waals surface area contributed by atoms with Crippen LogP contribution in [0.3, 0.4) is 0 Å². The molecule has 0 amide bonds. The molecule has 1 N–H and O–H groups in total. The molecule has 0 aliphatic carbocycles. The van der Waals surface area contributed by atoms with Crippen molar-refractivity contribution in [1.82, 2.24) is 9.97 Å². The lowest BCUT2D eigenvalue weighted by Crippen LogP contribution is -1.97. The summed E-state index contributed by atoms with van der Waals surface area (Å²) in [6.07, 6.45) is 0. The SMILES string of the molecule is CNc1cc(C)nc(-c2ccc(Br)o2)n1. The van der Waals surface area contributed by atoms with E-state index in [1.54, 1.807) is 0 Å². The van der Waals surface area contributed by atoms with Crippen molar-refractivity contribution in [1.29, 1.82) is 0 Å². The van der Waals surface area contributed by atoms with Gasteiger partial charge in [0.15, 0.2) is 16.3 Å². The quantitative estimate of drug-likeness (QED) is 0.909. The third-order valence-corrected chi connectivity index (χ3v) is 2.33. The molecule has 0 radical (unpaired) electrons. The molecule has 0 bridgehead atoms. The first kappa shape index (κ1) is 10.2. The number of aryl methyl sites for hydroxylation is 1. The van der Waals surface area contributed by atoms with Gasteiger partial charge >= 0.3 is 0 Å². The molecule has 0 spiro atoms. The molecule has 0 fully saturated rings. The van der Waals surface area contributed by atoms with Gasteiger partial charge in [-0.3, -0.25) is 0 Å². The molecule has 5 heteroatoms. The summed E-state index contributed by atoms with van der Waals surface area (Å²) in [6, 6.07) is 5.53. The van der Waals surface area contributed by atoms with Crippen LogP contribution < -0.4 is 5.32 Å². The van der Waals surface area contributed by atoms with Crippen molar-refractivity contribution in [2.75, 3.05) is 12.4 Å². The van der Waals surface area contributed by atoms with Crippen LogP contribution >= 0.6 is 15.9 Å². The molecule has 0 aliphatic heterocycles. The number of hydrogen-bond donors (Lipinski definition) is 1. The Hall–Kier alpha value is -1.36. The molecular formula is C10H10BrN3O. The molecule has 4 nitrogen and oxygen atoms in total. The highest BCUT2D eigenvalue weighted by Crippen LogP contribution is 2.23. The fraction of sp³-hybridized carbons (Fsp3) is 0.200. The van der Waals surface area contributed by atoms with Crippen molar-refractivity contribution < 1.29 is 4.42 Å². The normalized spacial score (nSPS) is 10.3. The predicted octanol–water partition coefficient (Wildman–Crippen LogP) is 2.85. The van der Waals surface area contributed by atoms with Gasteiger partial charge in [-0.15, -0.1) is 0 Å². The molecule has 0 unspecified atom stereocenters. The first-order chi connectivity index (χ1) is 7.19. The van der Waals surface area contributed by atoms with Crippen LogP contribution in [0.1, 0.15) is 5.69 Å².